The maximum Gasteiger partial charge on any atom is 0.142 e. The molecule has 1 saturated carbocycles. The Bertz CT molecular complexity index is 1740. The maximum atomic E-state index is 16.7. The second-order valence-corrected chi connectivity index (χ2v) is 13.1. The Labute approximate surface area is 261 Å². The van der Waals surface area contributed by atoms with Gasteiger partial charge in [-0.2, -0.15) is 0 Å². The van der Waals surface area contributed by atoms with Crippen LogP contribution in [-0.2, 0) is 13.1 Å². The minimum absolute atomic E-state index is 0.331. The lowest BCUT2D eigenvalue weighted by Gasteiger charge is -2.26. The van der Waals surface area contributed by atoms with E-state index in [-0.39, 0.29) is 5.82 Å². The number of halogens is 1. The number of aryl methyl sites for hydroxylation is 1. The highest BCUT2D eigenvalue weighted by atomic mass is 32.1. The third kappa shape index (κ3) is 5.80. The van der Waals surface area contributed by atoms with Crippen LogP contribution < -0.4 is 32.5 Å². The number of fused-ring (bicyclic) bond motifs is 1. The molecule has 5 heterocycles. The van der Waals surface area contributed by atoms with Gasteiger partial charge in [0.1, 0.15) is 5.82 Å². The lowest BCUT2D eigenvalue weighted by Crippen LogP contribution is -2.29. The van der Waals surface area contributed by atoms with E-state index >= 15 is 4.39 Å². The van der Waals surface area contributed by atoms with Crippen LogP contribution in [0.1, 0.15) is 58.7 Å². The number of thiophene rings is 1. The highest BCUT2D eigenvalue weighted by Crippen LogP contribution is 2.38. The molecule has 8 nitrogen and oxygen atoms in total. The van der Waals surface area contributed by atoms with Gasteiger partial charge in [-0.15, -0.1) is 11.3 Å². The van der Waals surface area contributed by atoms with Crippen LogP contribution in [0.5, 0.6) is 0 Å². The van der Waals surface area contributed by atoms with Gasteiger partial charge >= 0.3 is 0 Å². The minimum Gasteiger partial charge on any atom is -0.402 e. The van der Waals surface area contributed by atoms with E-state index in [1.807, 2.05) is 24.5 Å². The van der Waals surface area contributed by atoms with Gasteiger partial charge in [-0.05, 0) is 68.1 Å². The first-order chi connectivity index (χ1) is 21.5. The highest BCUT2D eigenvalue weighted by Gasteiger charge is 2.28. The highest BCUT2D eigenvalue weighted by molar-refractivity contribution is 7.13. The summed E-state index contributed by atoms with van der Waals surface area (Å²) in [6.07, 6.45) is 18.6. The molecule has 2 aliphatic heterocycles. The van der Waals surface area contributed by atoms with Gasteiger partial charge in [0.2, 0.25) is 0 Å². The molecule has 1 fully saturated rings. The Hall–Kier alpha value is -4.25. The molecule has 2 aliphatic carbocycles. The molecule has 0 amide bonds. The second-order valence-electron chi connectivity index (χ2n) is 11.8. The Morgan fingerprint density at radius 3 is 2.82 bits per heavy atom. The van der Waals surface area contributed by atoms with Crippen LogP contribution in [-0.4, -0.2) is 16.5 Å². The zero-order valence-electron chi connectivity index (χ0n) is 24.8. The standard InChI is InChI=1S/C34H37FN8S/c1-20-6-9-31(44-20)25-8-7-24(36)11-28-34(25)40-18-29(43-28)27-17-41-42-19-30-32(27)33(35)26(16-39-30)23-10-22(14-38-15-23)13-37-12-21-4-2-3-5-21/h6-10,14-18,21,37,40-43H,2-5,11-13,19,36H2,1H3. The summed E-state index contributed by atoms with van der Waals surface area (Å²) >= 11 is 1.74. The summed E-state index contributed by atoms with van der Waals surface area (Å²) in [5, 5.41) is 10.7. The van der Waals surface area contributed by atoms with E-state index in [0.717, 1.165) is 51.3 Å². The van der Waals surface area contributed by atoms with Crippen molar-refractivity contribution in [3.05, 3.63) is 117 Å². The molecule has 0 spiro atoms. The fourth-order valence-corrected chi connectivity index (χ4v) is 7.27. The average molecular weight is 609 g/mol. The Balaban J connectivity index is 1.18. The molecular weight excluding hydrogens is 571 g/mol. The van der Waals surface area contributed by atoms with Gasteiger partial charge in [-0.1, -0.05) is 12.8 Å². The van der Waals surface area contributed by atoms with Crippen molar-refractivity contribution in [3.8, 4) is 11.1 Å². The Morgan fingerprint density at radius 1 is 1.09 bits per heavy atom. The lowest BCUT2D eigenvalue weighted by molar-refractivity contribution is 0.489. The zero-order valence-corrected chi connectivity index (χ0v) is 25.6. The fourth-order valence-electron chi connectivity index (χ4n) is 6.38. The van der Waals surface area contributed by atoms with Crippen LogP contribution in [0.4, 0.5) is 4.39 Å². The third-order valence-electron chi connectivity index (χ3n) is 8.64. The Morgan fingerprint density at radius 2 is 1.98 bits per heavy atom. The van der Waals surface area contributed by atoms with Crippen molar-refractivity contribution in [3.63, 3.8) is 0 Å². The minimum atomic E-state index is -0.331. The summed E-state index contributed by atoms with van der Waals surface area (Å²) in [4.78, 5) is 11.6. The number of hydrazine groups is 1. The third-order valence-corrected chi connectivity index (χ3v) is 9.67. The summed E-state index contributed by atoms with van der Waals surface area (Å²) in [5.41, 5.74) is 20.9. The van der Waals surface area contributed by atoms with E-state index < -0.39 is 0 Å². The number of allylic oxidation sites excluding steroid dienone is 4. The van der Waals surface area contributed by atoms with Crippen LogP contribution in [0, 0.1) is 18.7 Å². The van der Waals surface area contributed by atoms with E-state index in [1.54, 1.807) is 29.9 Å². The summed E-state index contributed by atoms with van der Waals surface area (Å²) < 4.78 is 16.7. The molecule has 0 atom stereocenters. The molecule has 0 saturated heterocycles. The SMILES string of the molecule is Cc1ccc(C2=CC=C(N)CC3=C2NC=C(C2=CNNCc4ncc(-c5cncc(CNCC6CCCC6)c5)c(F)c42)N3)s1. The van der Waals surface area contributed by atoms with Crippen molar-refractivity contribution in [2.75, 3.05) is 6.54 Å². The summed E-state index contributed by atoms with van der Waals surface area (Å²) in [6, 6.07) is 6.26. The van der Waals surface area contributed by atoms with E-state index in [9.17, 15) is 0 Å². The maximum absolute atomic E-state index is 16.7. The number of nitrogens with one attached hydrogen (secondary N) is 5. The summed E-state index contributed by atoms with van der Waals surface area (Å²) in [6.45, 7) is 4.18. The van der Waals surface area contributed by atoms with Crippen molar-refractivity contribution in [1.82, 2.24) is 36.8 Å². The molecule has 0 radical (unpaired) electrons. The smallest absolute Gasteiger partial charge is 0.142 e. The van der Waals surface area contributed by atoms with Gasteiger partial charge in [-0.3, -0.25) is 9.97 Å². The predicted molar refractivity (Wildman–Crippen MR) is 174 cm³/mol. The number of nitrogens with zero attached hydrogens (tertiary/aromatic N) is 2. The largest absolute Gasteiger partial charge is 0.402 e. The van der Waals surface area contributed by atoms with E-state index in [1.165, 1.54) is 30.6 Å². The second kappa shape index (κ2) is 12.4. The lowest BCUT2D eigenvalue weighted by atomic mass is 9.95. The summed E-state index contributed by atoms with van der Waals surface area (Å²) in [7, 11) is 0. The van der Waals surface area contributed by atoms with Crippen molar-refractivity contribution in [1.29, 1.82) is 0 Å². The van der Waals surface area contributed by atoms with Crippen molar-refractivity contribution < 1.29 is 4.39 Å². The molecular formula is C34H37FN8S. The molecule has 7 N–H and O–H groups in total. The number of pyridine rings is 2. The molecule has 0 bridgehead atoms. The fraction of sp³-hybridized carbons (Fsp3) is 0.294. The van der Waals surface area contributed by atoms with Crippen molar-refractivity contribution in [2.45, 2.75) is 52.1 Å². The first-order valence-corrected chi connectivity index (χ1v) is 16.1. The molecule has 0 unspecified atom stereocenters. The molecule has 10 heteroatoms. The zero-order chi connectivity index (χ0) is 30.0. The normalized spacial score (nSPS) is 18.4. The number of nitrogens with two attached hydrogens (primary N) is 1. The molecule has 3 aromatic heterocycles. The van der Waals surface area contributed by atoms with E-state index in [0.29, 0.717) is 47.5 Å². The Kier molecular flexibility index (Phi) is 8.03. The molecule has 4 aliphatic rings. The topological polar surface area (TPSA) is 112 Å². The van der Waals surface area contributed by atoms with Crippen molar-refractivity contribution in [2.24, 2.45) is 11.7 Å². The van der Waals surface area contributed by atoms with Crippen LogP contribution in [0.3, 0.4) is 0 Å². The van der Waals surface area contributed by atoms with Crippen LogP contribution >= 0.6 is 11.3 Å². The predicted octanol–water partition coefficient (Wildman–Crippen LogP) is 5.46. The van der Waals surface area contributed by atoms with Crippen molar-refractivity contribution >= 4 is 22.5 Å². The quantitative estimate of drug-likeness (QED) is 0.210. The molecule has 7 rings (SSSR count). The number of rotatable bonds is 7. The summed E-state index contributed by atoms with van der Waals surface area (Å²) in [5.74, 6) is 0.420. The number of aromatic nitrogens is 2. The molecule has 0 aromatic carbocycles. The van der Waals surface area contributed by atoms with Crippen LogP contribution in [0.15, 0.2) is 84.1 Å². The average Bonchev–Trinajstić information content (AvgIpc) is 3.61. The van der Waals surface area contributed by atoms with Gasteiger partial charge in [0.15, 0.2) is 0 Å². The van der Waals surface area contributed by atoms with E-state index in [2.05, 4.69) is 56.9 Å². The first kappa shape index (κ1) is 28.5. The van der Waals surface area contributed by atoms with Gasteiger partial charge in [0.25, 0.3) is 0 Å². The van der Waals surface area contributed by atoms with Gasteiger partial charge in [0.05, 0.1) is 23.6 Å². The number of hydrogen-bond acceptors (Lipinski definition) is 9. The van der Waals surface area contributed by atoms with E-state index in [4.69, 9.17) is 10.7 Å². The van der Waals surface area contributed by atoms with Gasteiger partial charge in [-0.25, -0.2) is 9.82 Å². The van der Waals surface area contributed by atoms with Gasteiger partial charge < -0.3 is 27.1 Å². The molecule has 44 heavy (non-hydrogen) atoms. The number of hydrogen-bond donors (Lipinski definition) is 6. The van der Waals surface area contributed by atoms with Crippen LogP contribution in [0.2, 0.25) is 0 Å². The van der Waals surface area contributed by atoms with Gasteiger partial charge in [0, 0.05) is 92.9 Å². The monoisotopic (exact) mass is 608 g/mol. The first-order valence-electron chi connectivity index (χ1n) is 15.3. The molecule has 3 aromatic rings. The molecule has 226 valence electrons. The van der Waals surface area contributed by atoms with Crippen LogP contribution in [0.25, 0.3) is 22.3 Å².